The van der Waals surface area contributed by atoms with Gasteiger partial charge < -0.3 is 20.6 Å². The molecule has 0 radical (unpaired) electrons. The van der Waals surface area contributed by atoms with Crippen molar-refractivity contribution in [2.45, 2.75) is 72.6 Å². The molecular formula is C34H43F2N3O3. The Kier molecular flexibility index (Phi) is 12.2. The Morgan fingerprint density at radius 3 is 2.10 bits per heavy atom. The third-order valence-electron chi connectivity index (χ3n) is 7.27. The Morgan fingerprint density at radius 1 is 0.833 bits per heavy atom. The SMILES string of the molecule is CCCN(CCC)C(=O)c1cc(C)cc(C(=O)N[C@@H](Cc2cc(F)cc(F)c2)[C@H](O)CNCc2ccc(C)c(C)c2)c1. The number of nitrogens with one attached hydrogen (secondary N) is 2. The number of aliphatic hydroxyl groups is 1. The molecule has 3 rings (SSSR count). The molecule has 0 aliphatic carbocycles. The van der Waals surface area contributed by atoms with Crippen LogP contribution in [0.3, 0.4) is 0 Å². The van der Waals surface area contributed by atoms with Crippen molar-refractivity contribution in [2.75, 3.05) is 19.6 Å². The van der Waals surface area contributed by atoms with E-state index in [1.165, 1.54) is 17.7 Å². The van der Waals surface area contributed by atoms with E-state index in [0.29, 0.717) is 30.8 Å². The first kappa shape index (κ1) is 32.9. The number of aryl methyl sites for hydroxylation is 3. The van der Waals surface area contributed by atoms with Crippen LogP contribution >= 0.6 is 0 Å². The molecule has 0 aliphatic rings. The molecule has 3 aromatic carbocycles. The number of hydrogen-bond donors (Lipinski definition) is 3. The minimum Gasteiger partial charge on any atom is -0.390 e. The van der Waals surface area contributed by atoms with Crippen molar-refractivity contribution < 1.29 is 23.5 Å². The Labute approximate surface area is 248 Å². The number of nitrogens with zero attached hydrogens (tertiary/aromatic N) is 1. The van der Waals surface area contributed by atoms with Crippen LogP contribution in [-0.2, 0) is 13.0 Å². The highest BCUT2D eigenvalue weighted by Crippen LogP contribution is 2.16. The van der Waals surface area contributed by atoms with Gasteiger partial charge in [0.1, 0.15) is 11.6 Å². The van der Waals surface area contributed by atoms with Gasteiger partial charge in [0, 0.05) is 43.4 Å². The summed E-state index contributed by atoms with van der Waals surface area (Å²) in [6, 6.07) is 13.4. The van der Waals surface area contributed by atoms with Crippen LogP contribution in [0.1, 0.15) is 75.2 Å². The summed E-state index contributed by atoms with van der Waals surface area (Å²) in [5, 5.41) is 17.2. The van der Waals surface area contributed by atoms with Crippen LogP contribution in [0.2, 0.25) is 0 Å². The van der Waals surface area contributed by atoms with Gasteiger partial charge in [0.25, 0.3) is 11.8 Å². The fourth-order valence-corrected chi connectivity index (χ4v) is 5.01. The first-order valence-electron chi connectivity index (χ1n) is 14.6. The normalized spacial score (nSPS) is 12.6. The second-order valence-electron chi connectivity index (χ2n) is 11.1. The van der Waals surface area contributed by atoms with E-state index >= 15 is 0 Å². The van der Waals surface area contributed by atoms with Crippen molar-refractivity contribution in [1.29, 1.82) is 0 Å². The summed E-state index contributed by atoms with van der Waals surface area (Å²) >= 11 is 0. The summed E-state index contributed by atoms with van der Waals surface area (Å²) < 4.78 is 27.9. The van der Waals surface area contributed by atoms with E-state index in [1.54, 1.807) is 23.1 Å². The Hall–Kier alpha value is -3.62. The lowest BCUT2D eigenvalue weighted by Crippen LogP contribution is -2.48. The molecule has 3 aromatic rings. The van der Waals surface area contributed by atoms with Crippen LogP contribution in [-0.4, -0.2) is 53.6 Å². The lowest BCUT2D eigenvalue weighted by Gasteiger charge is -2.25. The van der Waals surface area contributed by atoms with E-state index in [2.05, 4.69) is 16.7 Å². The van der Waals surface area contributed by atoms with Gasteiger partial charge in [-0.15, -0.1) is 0 Å². The maximum atomic E-state index is 14.0. The van der Waals surface area contributed by atoms with E-state index in [9.17, 15) is 23.5 Å². The van der Waals surface area contributed by atoms with Gasteiger partial charge in [-0.1, -0.05) is 32.0 Å². The first-order chi connectivity index (χ1) is 20.0. The largest absolute Gasteiger partial charge is 0.390 e. The van der Waals surface area contributed by atoms with Gasteiger partial charge >= 0.3 is 0 Å². The fraction of sp³-hybridized carbons (Fsp3) is 0.412. The summed E-state index contributed by atoms with van der Waals surface area (Å²) in [6.07, 6.45) is 0.582. The topological polar surface area (TPSA) is 81.7 Å². The Bertz CT molecular complexity index is 1350. The van der Waals surface area contributed by atoms with Crippen molar-refractivity contribution >= 4 is 11.8 Å². The molecule has 226 valence electrons. The highest BCUT2D eigenvalue weighted by molar-refractivity contribution is 6.00. The molecule has 6 nitrogen and oxygen atoms in total. The zero-order valence-electron chi connectivity index (χ0n) is 25.3. The number of benzene rings is 3. The number of amides is 2. The minimum atomic E-state index is -1.07. The highest BCUT2D eigenvalue weighted by atomic mass is 19.1. The molecule has 0 aliphatic heterocycles. The Balaban J connectivity index is 1.81. The average molecular weight is 580 g/mol. The van der Waals surface area contributed by atoms with Crippen LogP contribution in [0.15, 0.2) is 54.6 Å². The van der Waals surface area contributed by atoms with Crippen molar-refractivity contribution in [3.05, 3.63) is 105 Å². The van der Waals surface area contributed by atoms with Gasteiger partial charge in [-0.05, 0) is 98.2 Å². The summed E-state index contributed by atoms with van der Waals surface area (Å²) in [6.45, 7) is 11.8. The van der Waals surface area contributed by atoms with Crippen molar-refractivity contribution in [2.24, 2.45) is 0 Å². The third-order valence-corrected chi connectivity index (χ3v) is 7.27. The molecule has 0 spiro atoms. The zero-order valence-corrected chi connectivity index (χ0v) is 25.3. The van der Waals surface area contributed by atoms with Crippen LogP contribution in [0.25, 0.3) is 0 Å². The molecule has 3 N–H and O–H groups in total. The fourth-order valence-electron chi connectivity index (χ4n) is 5.01. The minimum absolute atomic E-state index is 0.00525. The van der Waals surface area contributed by atoms with Gasteiger partial charge in [0.2, 0.25) is 0 Å². The second kappa shape index (κ2) is 15.6. The summed E-state index contributed by atoms with van der Waals surface area (Å²) in [7, 11) is 0. The number of aliphatic hydroxyl groups excluding tert-OH is 1. The third kappa shape index (κ3) is 9.46. The summed E-state index contributed by atoms with van der Waals surface area (Å²) in [4.78, 5) is 28.5. The van der Waals surface area contributed by atoms with Gasteiger partial charge in [0.05, 0.1) is 12.1 Å². The predicted octanol–water partition coefficient (Wildman–Crippen LogP) is 5.64. The summed E-state index contributed by atoms with van der Waals surface area (Å²) in [5.41, 5.74) is 5.15. The van der Waals surface area contributed by atoms with Crippen LogP contribution in [0.4, 0.5) is 8.78 Å². The Morgan fingerprint density at radius 2 is 1.48 bits per heavy atom. The van der Waals surface area contributed by atoms with Crippen molar-refractivity contribution in [1.82, 2.24) is 15.5 Å². The number of rotatable bonds is 14. The average Bonchev–Trinajstić information content (AvgIpc) is 2.93. The second-order valence-corrected chi connectivity index (χ2v) is 11.1. The van der Waals surface area contributed by atoms with E-state index < -0.39 is 29.7 Å². The molecule has 2 atom stereocenters. The molecule has 0 heterocycles. The quantitative estimate of drug-likeness (QED) is 0.231. The van der Waals surface area contributed by atoms with Crippen LogP contribution in [0.5, 0.6) is 0 Å². The monoisotopic (exact) mass is 579 g/mol. The van der Waals surface area contributed by atoms with Crippen molar-refractivity contribution in [3.8, 4) is 0 Å². The molecular weight excluding hydrogens is 536 g/mol. The molecule has 0 saturated carbocycles. The molecule has 2 amide bonds. The van der Waals surface area contributed by atoms with E-state index in [-0.39, 0.29) is 24.4 Å². The number of halogens is 2. The smallest absolute Gasteiger partial charge is 0.253 e. The van der Waals surface area contributed by atoms with E-state index in [4.69, 9.17) is 0 Å². The van der Waals surface area contributed by atoms with Gasteiger partial charge in [-0.2, -0.15) is 0 Å². The molecule has 0 fully saturated rings. The summed E-state index contributed by atoms with van der Waals surface area (Å²) in [5.74, 6) is -2.09. The maximum absolute atomic E-state index is 14.0. The van der Waals surface area contributed by atoms with Crippen LogP contribution < -0.4 is 10.6 Å². The molecule has 0 bridgehead atoms. The molecule has 0 aromatic heterocycles. The molecule has 0 unspecified atom stereocenters. The maximum Gasteiger partial charge on any atom is 0.253 e. The zero-order chi connectivity index (χ0) is 30.8. The van der Waals surface area contributed by atoms with Gasteiger partial charge in [-0.3, -0.25) is 9.59 Å². The van der Waals surface area contributed by atoms with Crippen LogP contribution in [0, 0.1) is 32.4 Å². The lowest BCUT2D eigenvalue weighted by molar-refractivity contribution is 0.0755. The number of carbonyl (C=O) groups excluding carboxylic acids is 2. The lowest BCUT2D eigenvalue weighted by atomic mass is 9.99. The molecule has 0 saturated heterocycles. The molecule has 8 heteroatoms. The predicted molar refractivity (Wildman–Crippen MR) is 163 cm³/mol. The number of hydrogen-bond acceptors (Lipinski definition) is 4. The standard InChI is InChI=1S/C34H43F2N3O3/c1-6-10-39(11-7-2)34(42)28-13-22(3)12-27(18-28)33(41)38-31(17-26-15-29(35)19-30(36)16-26)32(40)21-37-20-25-9-8-23(4)24(5)14-25/h8-9,12-16,18-19,31-32,37,40H,6-7,10-11,17,20-21H2,1-5H3,(H,38,41)/t31-,32+/m0/s1. The molecule has 42 heavy (non-hydrogen) atoms. The van der Waals surface area contributed by atoms with E-state index in [0.717, 1.165) is 35.6 Å². The van der Waals surface area contributed by atoms with E-state index in [1.807, 2.05) is 46.8 Å². The van der Waals surface area contributed by atoms with Gasteiger partial charge in [-0.25, -0.2) is 8.78 Å². The van der Waals surface area contributed by atoms with Crippen molar-refractivity contribution in [3.63, 3.8) is 0 Å². The number of carbonyl (C=O) groups is 2. The highest BCUT2D eigenvalue weighted by Gasteiger charge is 2.24. The van der Waals surface area contributed by atoms with Gasteiger partial charge in [0.15, 0.2) is 0 Å². The first-order valence-corrected chi connectivity index (χ1v) is 14.6.